The summed E-state index contributed by atoms with van der Waals surface area (Å²) in [6.07, 6.45) is 5.51. The van der Waals surface area contributed by atoms with Gasteiger partial charge in [0.1, 0.15) is 5.82 Å². The van der Waals surface area contributed by atoms with Crippen molar-refractivity contribution < 1.29 is 0 Å². The van der Waals surface area contributed by atoms with Crippen LogP contribution in [-0.2, 0) is 13.6 Å². The fraction of sp³-hybridized carbons (Fsp3) is 0.500. The molecule has 98 valence electrons. The molecule has 0 saturated carbocycles. The van der Waals surface area contributed by atoms with Crippen molar-refractivity contribution in [3.05, 3.63) is 24.4 Å². The minimum absolute atomic E-state index is 0.334. The number of aromatic nitrogens is 4. The van der Waals surface area contributed by atoms with Gasteiger partial charge in [0.2, 0.25) is 0 Å². The number of hydrogen-bond acceptors (Lipinski definition) is 4. The van der Waals surface area contributed by atoms with Crippen LogP contribution in [0, 0.1) is 0 Å². The molecule has 0 spiro atoms. The molecule has 18 heavy (non-hydrogen) atoms. The van der Waals surface area contributed by atoms with Gasteiger partial charge in [-0.15, -0.1) is 0 Å². The Morgan fingerprint density at radius 1 is 1.44 bits per heavy atom. The molecule has 0 atom stereocenters. The summed E-state index contributed by atoms with van der Waals surface area (Å²) in [6, 6.07) is 0. The number of nitrogens with zero attached hydrogens (tertiary/aromatic N) is 4. The second-order valence-corrected chi connectivity index (χ2v) is 4.65. The van der Waals surface area contributed by atoms with Crippen LogP contribution in [0.2, 0.25) is 0 Å². The van der Waals surface area contributed by atoms with Crippen molar-refractivity contribution in [2.45, 2.75) is 26.3 Å². The zero-order valence-corrected chi connectivity index (χ0v) is 11.1. The predicted octanol–water partition coefficient (Wildman–Crippen LogP) is 1.43. The van der Waals surface area contributed by atoms with Crippen LogP contribution in [-0.4, -0.2) is 25.9 Å². The van der Waals surface area contributed by atoms with Gasteiger partial charge in [0.25, 0.3) is 0 Å². The van der Waals surface area contributed by atoms with E-state index in [-0.39, 0.29) is 0 Å². The van der Waals surface area contributed by atoms with Crippen molar-refractivity contribution in [2.24, 2.45) is 7.05 Å². The lowest BCUT2D eigenvalue weighted by Gasteiger charge is -2.08. The largest absolute Gasteiger partial charge is 0.394 e. The Morgan fingerprint density at radius 2 is 2.22 bits per heavy atom. The van der Waals surface area contributed by atoms with Crippen LogP contribution in [0.5, 0.6) is 0 Å². The number of nitrogen functional groups attached to an aromatic ring is 1. The first-order chi connectivity index (χ1) is 8.59. The Bertz CT molecular complexity index is 497. The maximum Gasteiger partial charge on any atom is 0.147 e. The fourth-order valence-corrected chi connectivity index (χ4v) is 1.92. The van der Waals surface area contributed by atoms with Crippen molar-refractivity contribution in [2.75, 3.05) is 17.6 Å². The number of aryl methyl sites for hydroxylation is 1. The lowest BCUT2D eigenvalue weighted by atomic mass is 10.1. The Morgan fingerprint density at radius 3 is 2.78 bits per heavy atom. The molecule has 0 amide bonds. The van der Waals surface area contributed by atoms with Crippen LogP contribution < -0.4 is 11.1 Å². The van der Waals surface area contributed by atoms with Gasteiger partial charge in [0.05, 0.1) is 17.7 Å². The third kappa shape index (κ3) is 2.47. The first kappa shape index (κ1) is 12.5. The van der Waals surface area contributed by atoms with Gasteiger partial charge in [-0.1, -0.05) is 13.8 Å². The SMILES string of the molecule is CC(C)c1nn(C)c(NCCn2ccnc2)c1N. The Hall–Kier alpha value is -1.98. The van der Waals surface area contributed by atoms with Crippen molar-refractivity contribution in [3.63, 3.8) is 0 Å². The first-order valence-corrected chi connectivity index (χ1v) is 6.11. The second kappa shape index (κ2) is 5.12. The van der Waals surface area contributed by atoms with Crippen LogP contribution >= 0.6 is 0 Å². The van der Waals surface area contributed by atoms with E-state index in [1.165, 1.54) is 0 Å². The highest BCUT2D eigenvalue weighted by Gasteiger charge is 2.15. The molecule has 2 aromatic rings. The number of hydrogen-bond donors (Lipinski definition) is 2. The van der Waals surface area contributed by atoms with Crippen molar-refractivity contribution >= 4 is 11.5 Å². The molecule has 0 radical (unpaired) electrons. The first-order valence-electron chi connectivity index (χ1n) is 6.11. The molecule has 6 nitrogen and oxygen atoms in total. The standard InChI is InChI=1S/C12H20N6/c1-9(2)11-10(13)12(17(3)16-11)15-5-7-18-6-4-14-8-18/h4,6,8-9,15H,5,7,13H2,1-3H3. The van der Waals surface area contributed by atoms with E-state index >= 15 is 0 Å². The maximum atomic E-state index is 6.10. The second-order valence-electron chi connectivity index (χ2n) is 4.65. The summed E-state index contributed by atoms with van der Waals surface area (Å²) < 4.78 is 3.82. The highest BCUT2D eigenvalue weighted by Crippen LogP contribution is 2.27. The van der Waals surface area contributed by atoms with E-state index in [9.17, 15) is 0 Å². The monoisotopic (exact) mass is 248 g/mol. The Balaban J connectivity index is 2.01. The zero-order valence-electron chi connectivity index (χ0n) is 11.1. The smallest absolute Gasteiger partial charge is 0.147 e. The third-order valence-corrected chi connectivity index (χ3v) is 2.88. The average molecular weight is 248 g/mol. The van der Waals surface area contributed by atoms with Crippen LogP contribution in [0.1, 0.15) is 25.5 Å². The van der Waals surface area contributed by atoms with Gasteiger partial charge in [-0.2, -0.15) is 5.10 Å². The normalized spacial score (nSPS) is 11.1. The molecule has 6 heteroatoms. The van der Waals surface area contributed by atoms with Gasteiger partial charge < -0.3 is 15.6 Å². The zero-order chi connectivity index (χ0) is 13.1. The summed E-state index contributed by atoms with van der Waals surface area (Å²) in [5.41, 5.74) is 7.79. The minimum atomic E-state index is 0.334. The topological polar surface area (TPSA) is 73.7 Å². The molecule has 2 aromatic heterocycles. The van der Waals surface area contributed by atoms with Gasteiger partial charge in [-0.25, -0.2) is 4.98 Å². The Kier molecular flexibility index (Phi) is 3.55. The number of anilines is 2. The molecule has 0 aliphatic heterocycles. The van der Waals surface area contributed by atoms with Crippen LogP contribution in [0.4, 0.5) is 11.5 Å². The molecule has 2 rings (SSSR count). The molecule has 0 aromatic carbocycles. The molecular formula is C12H20N6. The predicted molar refractivity (Wildman–Crippen MR) is 72.4 cm³/mol. The van der Waals surface area contributed by atoms with Crippen LogP contribution in [0.15, 0.2) is 18.7 Å². The number of imidazole rings is 1. The van der Waals surface area contributed by atoms with Gasteiger partial charge in [0.15, 0.2) is 0 Å². The number of nitrogens with one attached hydrogen (secondary N) is 1. The van der Waals surface area contributed by atoms with E-state index in [0.29, 0.717) is 5.92 Å². The lowest BCUT2D eigenvalue weighted by Crippen LogP contribution is -2.12. The highest BCUT2D eigenvalue weighted by molar-refractivity contribution is 5.65. The summed E-state index contributed by atoms with van der Waals surface area (Å²) in [6.45, 7) is 5.82. The van der Waals surface area contributed by atoms with Crippen molar-refractivity contribution in [1.29, 1.82) is 0 Å². The summed E-state index contributed by atoms with van der Waals surface area (Å²) in [7, 11) is 1.90. The van der Waals surface area contributed by atoms with Gasteiger partial charge in [-0.05, 0) is 5.92 Å². The summed E-state index contributed by atoms with van der Waals surface area (Å²) >= 11 is 0. The maximum absolute atomic E-state index is 6.10. The summed E-state index contributed by atoms with van der Waals surface area (Å²) in [5, 5.41) is 7.76. The number of nitrogens with two attached hydrogens (primary N) is 1. The quantitative estimate of drug-likeness (QED) is 0.839. The molecule has 3 N–H and O–H groups in total. The minimum Gasteiger partial charge on any atom is -0.394 e. The lowest BCUT2D eigenvalue weighted by molar-refractivity contribution is 0.697. The van der Waals surface area contributed by atoms with Crippen LogP contribution in [0.3, 0.4) is 0 Å². The van der Waals surface area contributed by atoms with E-state index in [4.69, 9.17) is 5.73 Å². The van der Waals surface area contributed by atoms with E-state index < -0.39 is 0 Å². The van der Waals surface area contributed by atoms with E-state index in [1.54, 1.807) is 17.2 Å². The third-order valence-electron chi connectivity index (χ3n) is 2.88. The van der Waals surface area contributed by atoms with Gasteiger partial charge in [0, 0.05) is 32.5 Å². The molecule has 2 heterocycles. The molecular weight excluding hydrogens is 228 g/mol. The molecule has 0 saturated heterocycles. The number of rotatable bonds is 5. The Labute approximate surface area is 107 Å². The van der Waals surface area contributed by atoms with Crippen molar-refractivity contribution in [3.8, 4) is 0 Å². The summed E-state index contributed by atoms with van der Waals surface area (Å²) in [4.78, 5) is 4.00. The fourth-order valence-electron chi connectivity index (χ4n) is 1.92. The highest BCUT2D eigenvalue weighted by atomic mass is 15.3. The van der Waals surface area contributed by atoms with E-state index in [1.807, 2.05) is 17.8 Å². The molecule has 0 bridgehead atoms. The van der Waals surface area contributed by atoms with Gasteiger partial charge in [-0.3, -0.25) is 4.68 Å². The van der Waals surface area contributed by atoms with E-state index in [0.717, 1.165) is 30.3 Å². The average Bonchev–Trinajstić information content (AvgIpc) is 2.91. The molecule has 0 aliphatic rings. The summed E-state index contributed by atoms with van der Waals surface area (Å²) in [5.74, 6) is 1.22. The van der Waals surface area contributed by atoms with E-state index in [2.05, 4.69) is 29.2 Å². The molecule has 0 aliphatic carbocycles. The van der Waals surface area contributed by atoms with Gasteiger partial charge >= 0.3 is 0 Å². The molecule has 0 unspecified atom stereocenters. The molecule has 0 fully saturated rings. The van der Waals surface area contributed by atoms with Crippen molar-refractivity contribution in [1.82, 2.24) is 19.3 Å². The van der Waals surface area contributed by atoms with Crippen LogP contribution in [0.25, 0.3) is 0 Å².